The van der Waals surface area contributed by atoms with Crippen molar-refractivity contribution in [2.45, 2.75) is 77.3 Å². The maximum Gasteiger partial charge on any atom is 0.211 e. The molecule has 1 unspecified atom stereocenters. The lowest BCUT2D eigenvalue weighted by Gasteiger charge is -2.18. The molecule has 1 atom stereocenters. The summed E-state index contributed by atoms with van der Waals surface area (Å²) in [5, 5.41) is 3.35. The van der Waals surface area contributed by atoms with Gasteiger partial charge in [-0.1, -0.05) is 33.1 Å². The van der Waals surface area contributed by atoms with Crippen LogP contribution in [0.2, 0.25) is 0 Å². The van der Waals surface area contributed by atoms with E-state index in [1.54, 1.807) is 0 Å². The van der Waals surface area contributed by atoms with Gasteiger partial charge in [-0.3, -0.25) is 0 Å². The molecule has 114 valence electrons. The second-order valence-electron chi connectivity index (χ2n) is 5.65. The molecule has 1 fully saturated rings. The molecule has 1 rings (SSSR count). The van der Waals surface area contributed by atoms with Gasteiger partial charge in [0.05, 0.1) is 5.75 Å². The van der Waals surface area contributed by atoms with E-state index in [-0.39, 0.29) is 11.8 Å². The van der Waals surface area contributed by atoms with E-state index < -0.39 is 10.0 Å². The minimum absolute atomic E-state index is 0.131. The summed E-state index contributed by atoms with van der Waals surface area (Å²) in [4.78, 5) is 0. The number of hydrogen-bond donors (Lipinski definition) is 2. The van der Waals surface area contributed by atoms with E-state index in [0.29, 0.717) is 12.5 Å². The van der Waals surface area contributed by atoms with Crippen LogP contribution < -0.4 is 10.0 Å². The fraction of sp³-hybridized carbons (Fsp3) is 1.00. The van der Waals surface area contributed by atoms with Gasteiger partial charge in [-0.25, -0.2) is 13.1 Å². The molecule has 0 aliphatic heterocycles. The highest BCUT2D eigenvalue weighted by Crippen LogP contribution is 2.18. The molecule has 1 saturated carbocycles. The Bertz CT molecular complexity index is 326. The largest absolute Gasteiger partial charge is 0.314 e. The molecule has 0 saturated heterocycles. The molecule has 0 aromatic carbocycles. The molecule has 2 N–H and O–H groups in total. The summed E-state index contributed by atoms with van der Waals surface area (Å²) in [7, 11) is -3.10. The summed E-state index contributed by atoms with van der Waals surface area (Å²) in [6, 6.07) is 0.791. The molecule has 0 radical (unpaired) electrons. The molecule has 0 aromatic heterocycles. The van der Waals surface area contributed by atoms with Gasteiger partial charge in [-0.2, -0.15) is 0 Å². The lowest BCUT2D eigenvalue weighted by atomic mass is 10.1. The number of hydrogen-bond acceptors (Lipinski definition) is 3. The van der Waals surface area contributed by atoms with Gasteiger partial charge in [0.1, 0.15) is 0 Å². The zero-order valence-electron chi connectivity index (χ0n) is 12.5. The predicted molar refractivity (Wildman–Crippen MR) is 80.8 cm³/mol. The van der Waals surface area contributed by atoms with Crippen LogP contribution in [0.25, 0.3) is 0 Å². The van der Waals surface area contributed by atoms with E-state index in [1.165, 1.54) is 12.8 Å². The van der Waals surface area contributed by atoms with Crippen LogP contribution in [0.1, 0.15) is 65.2 Å². The van der Waals surface area contributed by atoms with Crippen LogP contribution in [0, 0.1) is 0 Å². The molecule has 19 heavy (non-hydrogen) atoms. The Balaban J connectivity index is 2.23. The van der Waals surface area contributed by atoms with Crippen LogP contribution in [0.3, 0.4) is 0 Å². The van der Waals surface area contributed by atoms with Crippen molar-refractivity contribution in [3.8, 4) is 0 Å². The molecule has 1 aliphatic rings. The van der Waals surface area contributed by atoms with Gasteiger partial charge in [0, 0.05) is 12.1 Å². The van der Waals surface area contributed by atoms with E-state index in [9.17, 15) is 8.42 Å². The second-order valence-corrected chi connectivity index (χ2v) is 7.52. The second kappa shape index (κ2) is 8.93. The summed E-state index contributed by atoms with van der Waals surface area (Å²) < 4.78 is 26.9. The van der Waals surface area contributed by atoms with Crippen molar-refractivity contribution in [2.75, 3.05) is 12.3 Å². The Hall–Kier alpha value is -0.130. The van der Waals surface area contributed by atoms with Crippen LogP contribution in [-0.2, 0) is 10.0 Å². The maximum atomic E-state index is 12.0. The van der Waals surface area contributed by atoms with Gasteiger partial charge < -0.3 is 5.32 Å². The van der Waals surface area contributed by atoms with E-state index in [1.807, 2.05) is 0 Å². The predicted octanol–water partition coefficient (Wildman–Crippen LogP) is 2.41. The summed E-state index contributed by atoms with van der Waals surface area (Å²) in [6.07, 6.45) is 8.35. The van der Waals surface area contributed by atoms with Gasteiger partial charge in [-0.05, 0) is 38.6 Å². The lowest BCUT2D eigenvalue weighted by Crippen LogP contribution is -2.37. The summed E-state index contributed by atoms with van der Waals surface area (Å²) in [5.74, 6) is 0.249. The molecule has 0 heterocycles. The molecule has 0 aromatic rings. The highest BCUT2D eigenvalue weighted by atomic mass is 32.2. The van der Waals surface area contributed by atoms with Crippen LogP contribution >= 0.6 is 0 Å². The van der Waals surface area contributed by atoms with Crippen molar-refractivity contribution in [2.24, 2.45) is 0 Å². The van der Waals surface area contributed by atoms with Crippen molar-refractivity contribution in [3.05, 3.63) is 0 Å². The van der Waals surface area contributed by atoms with Crippen LogP contribution in [0.5, 0.6) is 0 Å². The van der Waals surface area contributed by atoms with Gasteiger partial charge in [0.2, 0.25) is 10.0 Å². The number of rotatable bonds is 12. The molecule has 0 amide bonds. The first-order chi connectivity index (χ1) is 9.07. The molecule has 5 heteroatoms. The zero-order valence-corrected chi connectivity index (χ0v) is 13.3. The van der Waals surface area contributed by atoms with E-state index in [0.717, 1.165) is 38.6 Å². The highest BCUT2D eigenvalue weighted by Gasteiger charge is 2.21. The number of nitrogens with one attached hydrogen (secondary N) is 2. The van der Waals surface area contributed by atoms with Gasteiger partial charge >= 0.3 is 0 Å². The summed E-state index contributed by atoms with van der Waals surface area (Å²) >= 11 is 0. The summed E-state index contributed by atoms with van der Waals surface area (Å²) in [5.41, 5.74) is 0. The van der Waals surface area contributed by atoms with E-state index in [4.69, 9.17) is 0 Å². The Morgan fingerprint density at radius 3 is 2.42 bits per heavy atom. The molecule has 4 nitrogen and oxygen atoms in total. The Labute approximate surface area is 118 Å². The first kappa shape index (κ1) is 16.9. The van der Waals surface area contributed by atoms with Crippen LogP contribution in [0.4, 0.5) is 0 Å². The Morgan fingerprint density at radius 1 is 1.11 bits per heavy atom. The van der Waals surface area contributed by atoms with E-state index >= 15 is 0 Å². The first-order valence-corrected chi connectivity index (χ1v) is 9.46. The molecular formula is C14H30N2O2S. The van der Waals surface area contributed by atoms with Crippen LogP contribution in [-0.4, -0.2) is 32.8 Å². The van der Waals surface area contributed by atoms with Gasteiger partial charge in [0.25, 0.3) is 0 Å². The number of unbranched alkanes of at least 4 members (excludes halogenated alkanes) is 1. The van der Waals surface area contributed by atoms with E-state index in [2.05, 4.69) is 23.9 Å². The van der Waals surface area contributed by atoms with Crippen molar-refractivity contribution in [3.63, 3.8) is 0 Å². The fourth-order valence-corrected chi connectivity index (χ4v) is 3.62. The average molecular weight is 290 g/mol. The third-order valence-electron chi connectivity index (χ3n) is 3.49. The minimum atomic E-state index is -3.10. The molecular weight excluding hydrogens is 260 g/mol. The topological polar surface area (TPSA) is 58.2 Å². The molecule has 0 spiro atoms. The normalized spacial score (nSPS) is 17.6. The third kappa shape index (κ3) is 8.60. The lowest BCUT2D eigenvalue weighted by molar-refractivity contribution is 0.482. The third-order valence-corrected chi connectivity index (χ3v) is 5.01. The first-order valence-electron chi connectivity index (χ1n) is 7.80. The van der Waals surface area contributed by atoms with Crippen molar-refractivity contribution in [1.29, 1.82) is 0 Å². The Morgan fingerprint density at radius 2 is 1.84 bits per heavy atom. The monoisotopic (exact) mass is 290 g/mol. The summed E-state index contributed by atoms with van der Waals surface area (Å²) in [6.45, 7) is 5.06. The SMILES string of the molecule is CCCCC(CCC)NS(=O)(=O)CCCNC1CC1. The number of sulfonamides is 1. The van der Waals surface area contributed by atoms with Gasteiger partial charge in [-0.15, -0.1) is 0 Å². The molecule has 0 bridgehead atoms. The van der Waals surface area contributed by atoms with Crippen molar-refractivity contribution in [1.82, 2.24) is 10.0 Å². The fourth-order valence-electron chi connectivity index (χ4n) is 2.23. The highest BCUT2D eigenvalue weighted by molar-refractivity contribution is 7.89. The average Bonchev–Trinajstić information content (AvgIpc) is 3.16. The van der Waals surface area contributed by atoms with Gasteiger partial charge in [0.15, 0.2) is 0 Å². The maximum absolute atomic E-state index is 12.0. The van der Waals surface area contributed by atoms with Crippen molar-refractivity contribution < 1.29 is 8.42 Å². The minimum Gasteiger partial charge on any atom is -0.314 e. The zero-order chi connectivity index (χ0) is 14.1. The Kier molecular flexibility index (Phi) is 7.95. The van der Waals surface area contributed by atoms with Crippen LogP contribution in [0.15, 0.2) is 0 Å². The van der Waals surface area contributed by atoms with Crippen molar-refractivity contribution >= 4 is 10.0 Å². The standard InChI is InChI=1S/C14H30N2O2S/c1-3-5-8-14(7-4-2)16-19(17,18)12-6-11-15-13-9-10-13/h13-16H,3-12H2,1-2H3. The smallest absolute Gasteiger partial charge is 0.211 e. The quantitative estimate of drug-likeness (QED) is 0.543. The molecule has 1 aliphatic carbocycles.